The molecule has 3 heterocycles. The number of halogens is 1. The van der Waals surface area contributed by atoms with Gasteiger partial charge in [-0.05, 0) is 43.7 Å². The third kappa shape index (κ3) is 3.45. The molecule has 0 saturated carbocycles. The highest BCUT2D eigenvalue weighted by Crippen LogP contribution is 2.19. The minimum Gasteiger partial charge on any atom is -0.335 e. The van der Waals surface area contributed by atoms with Crippen molar-refractivity contribution < 1.29 is 9.18 Å². The normalized spacial score (nSPS) is 16.5. The number of carbonyl (C=O) groups excluding carboxylic acids is 1. The van der Waals surface area contributed by atoms with Crippen molar-refractivity contribution in [2.75, 3.05) is 19.6 Å². The van der Waals surface area contributed by atoms with E-state index in [1.54, 1.807) is 35.4 Å². The molecule has 4 rings (SSSR count). The Hall–Kier alpha value is -2.93. The van der Waals surface area contributed by atoms with E-state index in [0.29, 0.717) is 31.6 Å². The van der Waals surface area contributed by atoms with E-state index in [-0.39, 0.29) is 22.6 Å². The van der Waals surface area contributed by atoms with Crippen molar-refractivity contribution in [1.29, 1.82) is 0 Å². The molecule has 0 spiro atoms. The predicted molar refractivity (Wildman–Crippen MR) is 105 cm³/mol. The lowest BCUT2D eigenvalue weighted by molar-refractivity contribution is 0.0647. The van der Waals surface area contributed by atoms with E-state index in [4.69, 9.17) is 0 Å². The molecule has 2 aromatic heterocycles. The molecular weight excluding hydrogens is 359 g/mol. The molecule has 1 saturated heterocycles. The molecule has 0 radical (unpaired) electrons. The van der Waals surface area contributed by atoms with Crippen LogP contribution in [0.3, 0.4) is 0 Å². The number of fused-ring (bicyclic) bond motifs is 1. The minimum atomic E-state index is -0.516. The molecule has 1 fully saturated rings. The van der Waals surface area contributed by atoms with Gasteiger partial charge in [0.25, 0.3) is 11.5 Å². The molecule has 146 valence electrons. The highest BCUT2D eigenvalue weighted by molar-refractivity contribution is 5.94. The molecule has 1 aliphatic heterocycles. The Kier molecular flexibility index (Phi) is 4.55. The summed E-state index contributed by atoms with van der Waals surface area (Å²) in [4.78, 5) is 29.2. The maximum Gasteiger partial charge on any atom is 0.272 e. The van der Waals surface area contributed by atoms with E-state index in [2.05, 4.69) is 10.3 Å². The number of carbonyl (C=O) groups is 1. The lowest BCUT2D eigenvalue weighted by atomic mass is 10.00. The Morgan fingerprint density at radius 3 is 2.89 bits per heavy atom. The number of aromatic nitrogens is 2. The molecule has 0 aliphatic carbocycles. The number of rotatable bonds is 3. The van der Waals surface area contributed by atoms with Gasteiger partial charge in [-0.1, -0.05) is 6.07 Å². The van der Waals surface area contributed by atoms with Crippen LogP contribution in [0.2, 0.25) is 0 Å². The number of nitrogens with zero attached hydrogens (tertiary/aromatic N) is 2. The van der Waals surface area contributed by atoms with Gasteiger partial charge >= 0.3 is 0 Å². The van der Waals surface area contributed by atoms with Crippen LogP contribution in [0.5, 0.6) is 0 Å². The Balaban J connectivity index is 1.64. The first kappa shape index (κ1) is 18.4. The maximum atomic E-state index is 14.4. The molecule has 1 aliphatic rings. The van der Waals surface area contributed by atoms with Crippen LogP contribution < -0.4 is 10.9 Å². The molecule has 3 aromatic rings. The Labute approximate surface area is 162 Å². The highest BCUT2D eigenvalue weighted by Gasteiger charge is 2.30. The molecule has 28 heavy (non-hydrogen) atoms. The predicted octanol–water partition coefficient (Wildman–Crippen LogP) is 2.18. The average Bonchev–Trinajstić information content (AvgIpc) is 3.15. The van der Waals surface area contributed by atoms with Gasteiger partial charge in [0.05, 0.1) is 5.56 Å². The van der Waals surface area contributed by atoms with Crippen LogP contribution >= 0.6 is 0 Å². The van der Waals surface area contributed by atoms with Gasteiger partial charge in [-0.2, -0.15) is 0 Å². The van der Waals surface area contributed by atoms with Crippen LogP contribution in [0.25, 0.3) is 5.52 Å². The number of benzene rings is 1. The van der Waals surface area contributed by atoms with Crippen LogP contribution in [0.15, 0.2) is 47.5 Å². The highest BCUT2D eigenvalue weighted by atomic mass is 19.1. The van der Waals surface area contributed by atoms with Gasteiger partial charge in [-0.15, -0.1) is 0 Å². The van der Waals surface area contributed by atoms with Crippen molar-refractivity contribution in [2.45, 2.75) is 25.8 Å². The summed E-state index contributed by atoms with van der Waals surface area (Å²) in [7, 11) is 0. The summed E-state index contributed by atoms with van der Waals surface area (Å²) in [5, 5.41) is 3.35. The first-order chi connectivity index (χ1) is 13.3. The summed E-state index contributed by atoms with van der Waals surface area (Å²) in [6.45, 7) is 5.81. The number of hydrogen-bond donors (Lipinski definition) is 2. The van der Waals surface area contributed by atoms with Crippen LogP contribution in [0, 0.1) is 5.82 Å². The molecule has 6 nitrogen and oxygen atoms in total. The van der Waals surface area contributed by atoms with Crippen molar-refractivity contribution in [3.8, 4) is 0 Å². The first-order valence-corrected chi connectivity index (χ1v) is 9.34. The zero-order chi connectivity index (χ0) is 19.9. The maximum absolute atomic E-state index is 14.4. The van der Waals surface area contributed by atoms with Crippen LogP contribution in [0.4, 0.5) is 4.39 Å². The number of amides is 1. The van der Waals surface area contributed by atoms with Gasteiger partial charge in [0.15, 0.2) is 0 Å². The summed E-state index contributed by atoms with van der Waals surface area (Å²) in [6, 6.07) is 8.18. The smallest absolute Gasteiger partial charge is 0.272 e. The molecule has 1 amide bonds. The topological polar surface area (TPSA) is 69.6 Å². The van der Waals surface area contributed by atoms with Crippen molar-refractivity contribution >= 4 is 11.4 Å². The number of aromatic amines is 1. The molecule has 7 heteroatoms. The molecule has 1 aromatic carbocycles. The van der Waals surface area contributed by atoms with Gasteiger partial charge in [0, 0.05) is 49.7 Å². The van der Waals surface area contributed by atoms with Crippen molar-refractivity contribution in [3.63, 3.8) is 0 Å². The summed E-state index contributed by atoms with van der Waals surface area (Å²) in [5.74, 6) is -0.806. The SMILES string of the molecule is CC1(C)CN(C(=O)c2cc(Cc3c[nH]c(=O)c4cccn34)ccc2F)CCN1. The second kappa shape index (κ2) is 6.91. The summed E-state index contributed by atoms with van der Waals surface area (Å²) >= 11 is 0. The van der Waals surface area contributed by atoms with Gasteiger partial charge in [-0.25, -0.2) is 4.39 Å². The number of H-pyrrole nitrogens is 1. The second-order valence-corrected chi connectivity index (χ2v) is 7.90. The zero-order valence-electron chi connectivity index (χ0n) is 16.0. The largest absolute Gasteiger partial charge is 0.335 e. The Morgan fingerprint density at radius 1 is 1.29 bits per heavy atom. The zero-order valence-corrected chi connectivity index (χ0v) is 16.0. The monoisotopic (exact) mass is 382 g/mol. The van der Waals surface area contributed by atoms with Crippen molar-refractivity contribution in [3.05, 3.63) is 75.7 Å². The fourth-order valence-electron chi connectivity index (χ4n) is 3.79. The quantitative estimate of drug-likeness (QED) is 0.730. The van der Waals surface area contributed by atoms with E-state index in [1.807, 2.05) is 24.4 Å². The molecule has 0 bridgehead atoms. The molecular formula is C21H23FN4O2. The standard InChI is InChI=1S/C21H23FN4O2/c1-21(2)13-25(9-7-24-21)20(28)16-11-14(5-6-17(16)22)10-15-12-23-19(27)18-4-3-8-26(15)18/h3-6,8,11-12,24H,7,9-10,13H2,1-2H3,(H,23,27). The van der Waals surface area contributed by atoms with E-state index in [9.17, 15) is 14.0 Å². The minimum absolute atomic E-state index is 0.0865. The lowest BCUT2D eigenvalue weighted by Gasteiger charge is -2.39. The van der Waals surface area contributed by atoms with Crippen molar-refractivity contribution in [1.82, 2.24) is 19.6 Å². The number of hydrogen-bond acceptors (Lipinski definition) is 3. The lowest BCUT2D eigenvalue weighted by Crippen LogP contribution is -2.58. The van der Waals surface area contributed by atoms with E-state index >= 15 is 0 Å². The van der Waals surface area contributed by atoms with Crippen molar-refractivity contribution in [2.24, 2.45) is 0 Å². The number of nitrogens with one attached hydrogen (secondary N) is 2. The summed E-state index contributed by atoms with van der Waals surface area (Å²) in [5.41, 5.74) is 1.94. The Bertz CT molecular complexity index is 1100. The third-order valence-electron chi connectivity index (χ3n) is 5.17. The fraction of sp³-hybridized carbons (Fsp3) is 0.333. The average molecular weight is 382 g/mol. The van der Waals surface area contributed by atoms with Crippen LogP contribution in [-0.2, 0) is 6.42 Å². The van der Waals surface area contributed by atoms with Crippen LogP contribution in [0.1, 0.15) is 35.5 Å². The van der Waals surface area contributed by atoms with Gasteiger partial charge in [0.2, 0.25) is 0 Å². The van der Waals surface area contributed by atoms with E-state index in [0.717, 1.165) is 11.3 Å². The van der Waals surface area contributed by atoms with Gasteiger partial charge < -0.3 is 19.6 Å². The summed E-state index contributed by atoms with van der Waals surface area (Å²) < 4.78 is 16.3. The first-order valence-electron chi connectivity index (χ1n) is 9.34. The Morgan fingerprint density at radius 2 is 2.11 bits per heavy atom. The molecule has 2 N–H and O–H groups in total. The summed E-state index contributed by atoms with van der Waals surface area (Å²) in [6.07, 6.45) is 3.94. The second-order valence-electron chi connectivity index (χ2n) is 7.90. The fourth-order valence-corrected chi connectivity index (χ4v) is 3.79. The van der Waals surface area contributed by atoms with Gasteiger partial charge in [-0.3, -0.25) is 9.59 Å². The molecule has 0 atom stereocenters. The number of piperazine rings is 1. The van der Waals surface area contributed by atoms with E-state index < -0.39 is 5.82 Å². The third-order valence-corrected chi connectivity index (χ3v) is 5.17. The molecule has 0 unspecified atom stereocenters. The van der Waals surface area contributed by atoms with Gasteiger partial charge in [0.1, 0.15) is 11.3 Å². The van der Waals surface area contributed by atoms with Crippen LogP contribution in [-0.4, -0.2) is 45.4 Å². The van der Waals surface area contributed by atoms with E-state index in [1.165, 1.54) is 6.07 Å².